The lowest BCUT2D eigenvalue weighted by Gasteiger charge is -2.30. The highest BCUT2D eigenvalue weighted by atomic mass is 19.1. The van der Waals surface area contributed by atoms with Crippen LogP contribution < -0.4 is 16.0 Å². The van der Waals surface area contributed by atoms with Gasteiger partial charge in [-0.2, -0.15) is 9.65 Å². The summed E-state index contributed by atoms with van der Waals surface area (Å²) in [6.07, 6.45) is 8.18. The Labute approximate surface area is 193 Å². The second kappa shape index (κ2) is 10.4. The lowest BCUT2D eigenvalue weighted by molar-refractivity contribution is 0.191. The van der Waals surface area contributed by atoms with Crippen molar-refractivity contribution in [2.24, 2.45) is 5.41 Å². The summed E-state index contributed by atoms with van der Waals surface area (Å²) in [7, 11) is 1.70. The van der Waals surface area contributed by atoms with Crippen LogP contribution in [0.15, 0.2) is 24.5 Å². The van der Waals surface area contributed by atoms with Crippen molar-refractivity contribution in [2.75, 3.05) is 37.4 Å². The van der Waals surface area contributed by atoms with Crippen molar-refractivity contribution in [1.82, 2.24) is 15.3 Å². The van der Waals surface area contributed by atoms with Gasteiger partial charge in [0.1, 0.15) is 11.6 Å². The SMILES string of the molecule is COCCN[C@H]1CC[C@H](Nc2cc(-c3cnc(F)c(NCC4(C#N)CC4)c3)c(F)cn2)CC1. The van der Waals surface area contributed by atoms with Crippen LogP contribution in [0.25, 0.3) is 11.1 Å². The summed E-state index contributed by atoms with van der Waals surface area (Å²) < 4.78 is 33.9. The molecule has 0 unspecified atom stereocenters. The van der Waals surface area contributed by atoms with E-state index in [9.17, 15) is 14.0 Å². The Balaban J connectivity index is 1.40. The van der Waals surface area contributed by atoms with E-state index in [1.165, 1.54) is 18.5 Å². The van der Waals surface area contributed by atoms with Gasteiger partial charge in [-0.3, -0.25) is 0 Å². The van der Waals surface area contributed by atoms with Crippen LogP contribution in [-0.4, -0.2) is 48.9 Å². The van der Waals surface area contributed by atoms with Crippen molar-refractivity contribution >= 4 is 11.5 Å². The maximum atomic E-state index is 14.6. The van der Waals surface area contributed by atoms with E-state index >= 15 is 0 Å². The molecule has 2 heterocycles. The number of nitrogens with one attached hydrogen (secondary N) is 3. The van der Waals surface area contributed by atoms with Gasteiger partial charge in [-0.05, 0) is 50.7 Å². The zero-order valence-corrected chi connectivity index (χ0v) is 18.8. The molecule has 4 rings (SSSR count). The fraction of sp³-hybridized carbons (Fsp3) is 0.542. The lowest BCUT2D eigenvalue weighted by atomic mass is 9.91. The maximum absolute atomic E-state index is 14.6. The molecule has 0 spiro atoms. The Hall–Kier alpha value is -2.83. The summed E-state index contributed by atoms with van der Waals surface area (Å²) in [4.78, 5) is 7.99. The molecule has 2 fully saturated rings. The number of methoxy groups -OCH3 is 1. The van der Waals surface area contributed by atoms with Gasteiger partial charge in [0, 0.05) is 49.6 Å². The van der Waals surface area contributed by atoms with Gasteiger partial charge >= 0.3 is 0 Å². The average Bonchev–Trinajstić information content (AvgIpc) is 3.62. The highest BCUT2D eigenvalue weighted by Crippen LogP contribution is 2.45. The molecule has 2 aromatic heterocycles. The molecule has 33 heavy (non-hydrogen) atoms. The highest BCUT2D eigenvalue weighted by Gasteiger charge is 2.43. The van der Waals surface area contributed by atoms with E-state index in [0.29, 0.717) is 36.1 Å². The Morgan fingerprint density at radius 1 is 1.12 bits per heavy atom. The maximum Gasteiger partial charge on any atom is 0.236 e. The molecule has 0 atom stereocenters. The van der Waals surface area contributed by atoms with Crippen LogP contribution in [0.1, 0.15) is 38.5 Å². The standard InChI is InChI=1S/C24H30F2N6O/c1-33-9-8-28-17-2-4-18(5-3-17)32-22-11-19(20(25)13-29-22)16-10-21(23(26)30-12-16)31-15-24(14-27)6-7-24/h10-13,17-18,28,31H,2-9,15H2,1H3,(H,29,32)/t17-,18-. The molecule has 3 N–H and O–H groups in total. The van der Waals surface area contributed by atoms with Crippen LogP contribution in [0.5, 0.6) is 0 Å². The van der Waals surface area contributed by atoms with E-state index in [0.717, 1.165) is 45.1 Å². The molecule has 2 aliphatic rings. The number of hydrogen-bond acceptors (Lipinski definition) is 7. The highest BCUT2D eigenvalue weighted by molar-refractivity contribution is 5.69. The third-order valence-electron chi connectivity index (χ3n) is 6.53. The van der Waals surface area contributed by atoms with E-state index in [-0.39, 0.29) is 11.7 Å². The number of ether oxygens (including phenoxy) is 1. The summed E-state index contributed by atoms with van der Waals surface area (Å²) in [6.45, 7) is 1.90. The molecular weight excluding hydrogens is 426 g/mol. The Kier molecular flexibility index (Phi) is 7.36. The molecule has 0 aliphatic heterocycles. The molecule has 176 valence electrons. The van der Waals surface area contributed by atoms with Crippen molar-refractivity contribution in [3.05, 3.63) is 36.3 Å². The molecule has 7 nitrogen and oxygen atoms in total. The third-order valence-corrected chi connectivity index (χ3v) is 6.53. The molecular formula is C24H30F2N6O. The van der Waals surface area contributed by atoms with Gasteiger partial charge in [0.2, 0.25) is 5.95 Å². The van der Waals surface area contributed by atoms with Crippen LogP contribution in [0.3, 0.4) is 0 Å². The van der Waals surface area contributed by atoms with Gasteiger partial charge in [-0.25, -0.2) is 14.4 Å². The zero-order valence-electron chi connectivity index (χ0n) is 18.8. The van der Waals surface area contributed by atoms with Gasteiger partial charge in [-0.15, -0.1) is 0 Å². The number of rotatable bonds is 10. The minimum absolute atomic E-state index is 0.166. The van der Waals surface area contributed by atoms with Gasteiger partial charge in [0.05, 0.1) is 30.0 Å². The molecule has 0 amide bonds. The summed E-state index contributed by atoms with van der Waals surface area (Å²) in [6, 6.07) is 6.20. The number of pyridine rings is 2. The lowest BCUT2D eigenvalue weighted by Crippen LogP contribution is -2.38. The van der Waals surface area contributed by atoms with Crippen LogP contribution in [-0.2, 0) is 4.74 Å². The summed E-state index contributed by atoms with van der Waals surface area (Å²) >= 11 is 0. The second-order valence-corrected chi connectivity index (χ2v) is 9.00. The molecule has 2 aromatic rings. The number of nitriles is 1. The quantitative estimate of drug-likeness (QED) is 0.366. The third kappa shape index (κ3) is 5.95. The summed E-state index contributed by atoms with van der Waals surface area (Å²) in [5.41, 5.74) is 0.493. The number of nitrogens with zero attached hydrogens (tertiary/aromatic N) is 3. The molecule has 2 aliphatic carbocycles. The minimum Gasteiger partial charge on any atom is -0.383 e. The molecule has 9 heteroatoms. The number of hydrogen-bond donors (Lipinski definition) is 3. The molecule has 2 saturated carbocycles. The topological polar surface area (TPSA) is 94.9 Å². The summed E-state index contributed by atoms with van der Waals surface area (Å²) in [5, 5.41) is 19.1. The fourth-order valence-electron chi connectivity index (χ4n) is 4.22. The predicted molar refractivity (Wildman–Crippen MR) is 123 cm³/mol. The second-order valence-electron chi connectivity index (χ2n) is 9.00. The van der Waals surface area contributed by atoms with Crippen molar-refractivity contribution in [2.45, 2.75) is 50.6 Å². The Morgan fingerprint density at radius 2 is 1.88 bits per heavy atom. The van der Waals surface area contributed by atoms with E-state index in [2.05, 4.69) is 32.0 Å². The number of aromatic nitrogens is 2. The average molecular weight is 457 g/mol. The first kappa shape index (κ1) is 23.3. The van der Waals surface area contributed by atoms with Crippen molar-refractivity contribution in [3.8, 4) is 17.2 Å². The minimum atomic E-state index is -0.670. The van der Waals surface area contributed by atoms with Crippen molar-refractivity contribution in [1.29, 1.82) is 5.26 Å². The van der Waals surface area contributed by atoms with Crippen LogP contribution in [0, 0.1) is 28.5 Å². The van der Waals surface area contributed by atoms with Gasteiger partial charge in [-0.1, -0.05) is 0 Å². The van der Waals surface area contributed by atoms with E-state index in [1.807, 2.05) is 0 Å². The van der Waals surface area contributed by atoms with Crippen LogP contribution in [0.4, 0.5) is 20.3 Å². The Morgan fingerprint density at radius 3 is 2.58 bits per heavy atom. The van der Waals surface area contributed by atoms with Crippen molar-refractivity contribution < 1.29 is 13.5 Å². The normalized spacial score (nSPS) is 21.3. The Bertz CT molecular complexity index is 999. The van der Waals surface area contributed by atoms with Gasteiger partial charge < -0.3 is 20.7 Å². The van der Waals surface area contributed by atoms with Crippen LogP contribution in [0.2, 0.25) is 0 Å². The molecule has 0 bridgehead atoms. The first-order valence-electron chi connectivity index (χ1n) is 11.5. The number of anilines is 2. The van der Waals surface area contributed by atoms with Gasteiger partial charge in [0.25, 0.3) is 0 Å². The first-order chi connectivity index (χ1) is 16.0. The monoisotopic (exact) mass is 456 g/mol. The summed E-state index contributed by atoms with van der Waals surface area (Å²) in [5.74, 6) is -0.583. The fourth-order valence-corrected chi connectivity index (χ4v) is 4.22. The van der Waals surface area contributed by atoms with E-state index in [1.54, 1.807) is 13.2 Å². The number of halogens is 2. The van der Waals surface area contributed by atoms with Crippen LogP contribution >= 0.6 is 0 Å². The first-order valence-corrected chi connectivity index (χ1v) is 11.5. The van der Waals surface area contributed by atoms with E-state index < -0.39 is 17.2 Å². The zero-order chi connectivity index (χ0) is 23.3. The van der Waals surface area contributed by atoms with Gasteiger partial charge in [0.15, 0.2) is 0 Å². The largest absolute Gasteiger partial charge is 0.383 e. The molecule has 0 radical (unpaired) electrons. The van der Waals surface area contributed by atoms with E-state index in [4.69, 9.17) is 4.74 Å². The predicted octanol–water partition coefficient (Wildman–Crippen LogP) is 4.10. The molecule has 0 saturated heterocycles. The smallest absolute Gasteiger partial charge is 0.236 e. The molecule has 0 aromatic carbocycles. The van der Waals surface area contributed by atoms with Crippen molar-refractivity contribution in [3.63, 3.8) is 0 Å².